The highest BCUT2D eigenvalue weighted by Gasteiger charge is 2.31. The fourth-order valence-corrected chi connectivity index (χ4v) is 3.25. The Morgan fingerprint density at radius 1 is 1.11 bits per heavy atom. The lowest BCUT2D eigenvalue weighted by Gasteiger charge is -2.34. The Morgan fingerprint density at radius 3 is 2.50 bits per heavy atom. The molecule has 1 N–H and O–H groups in total. The molecule has 1 fully saturated rings. The van der Waals surface area contributed by atoms with Gasteiger partial charge in [0.25, 0.3) is 17.6 Å². The minimum absolute atomic E-state index is 0.0994. The summed E-state index contributed by atoms with van der Waals surface area (Å²) < 4.78 is 130. The summed E-state index contributed by atoms with van der Waals surface area (Å²) in [5.74, 6) is -6.68. The highest BCUT2D eigenvalue weighted by molar-refractivity contribution is 6.45. The molecule has 0 radical (unpaired) electrons. The lowest BCUT2D eigenvalue weighted by molar-refractivity contribution is -0.127. The van der Waals surface area contributed by atoms with Crippen LogP contribution < -0.4 is 4.74 Å². The zero-order chi connectivity index (χ0) is 38.5. The number of carbonyl (C=O) groups is 3. The number of aromatic amines is 1. The minimum atomic E-state index is -4.05. The second kappa shape index (κ2) is 9.25. The Labute approximate surface area is 227 Å². The second-order valence-corrected chi connectivity index (χ2v) is 7.17. The van der Waals surface area contributed by atoms with Crippen LogP contribution in [0.25, 0.3) is 16.7 Å². The smallest absolute Gasteiger partial charge is 0.295 e. The molecule has 0 unspecified atom stereocenters. The van der Waals surface area contributed by atoms with E-state index in [9.17, 15) is 14.4 Å². The molecule has 36 heavy (non-hydrogen) atoms. The van der Waals surface area contributed by atoms with Crippen molar-refractivity contribution >= 4 is 28.5 Å². The number of nitrogens with zero attached hydrogens (tertiary/aromatic N) is 6. The van der Waals surface area contributed by atoms with Gasteiger partial charge >= 0.3 is 0 Å². The molecule has 0 saturated carbocycles. The van der Waals surface area contributed by atoms with Crippen LogP contribution in [0.4, 0.5) is 0 Å². The van der Waals surface area contributed by atoms with Crippen molar-refractivity contribution in [3.8, 4) is 11.6 Å². The molecule has 11 heteroatoms. The number of methoxy groups -OCH3 is 1. The number of piperazine rings is 1. The number of hydrogen-bond donors (Lipinski definition) is 1. The third kappa shape index (κ3) is 4.08. The van der Waals surface area contributed by atoms with Gasteiger partial charge in [-0.25, -0.2) is 14.6 Å². The van der Waals surface area contributed by atoms with E-state index in [1.165, 1.54) is 6.92 Å². The van der Waals surface area contributed by atoms with Crippen LogP contribution >= 0.6 is 0 Å². The van der Waals surface area contributed by atoms with Gasteiger partial charge < -0.3 is 19.5 Å². The number of carbonyl (C=O) groups excluding carboxylic acids is 3. The normalized spacial score (nSPS) is 25.8. The van der Waals surface area contributed by atoms with Crippen molar-refractivity contribution in [2.75, 3.05) is 33.1 Å². The molecule has 1 aliphatic heterocycles. The van der Waals surface area contributed by atoms with Gasteiger partial charge in [-0.3, -0.25) is 14.4 Å². The van der Waals surface area contributed by atoms with Gasteiger partial charge in [0, 0.05) is 41.9 Å². The molecular weight excluding hydrogens is 462 g/mol. The first-order chi connectivity index (χ1) is 23.3. The summed E-state index contributed by atoms with van der Waals surface area (Å²) >= 11 is 0. The number of pyridine rings is 1. The third-order valence-corrected chi connectivity index (χ3v) is 4.94. The van der Waals surface area contributed by atoms with Crippen molar-refractivity contribution < 1.29 is 39.7 Å². The number of ether oxygens (including phenoxy) is 1. The minimum Gasteiger partial charge on any atom is -0.494 e. The fourth-order valence-electron chi connectivity index (χ4n) is 3.25. The van der Waals surface area contributed by atoms with Crippen molar-refractivity contribution in [3.05, 3.63) is 65.4 Å². The topological polar surface area (TPSA) is 126 Å². The van der Waals surface area contributed by atoms with Crippen LogP contribution in [0, 0.1) is 13.8 Å². The van der Waals surface area contributed by atoms with Crippen LogP contribution in [0.15, 0.2) is 42.9 Å². The van der Waals surface area contributed by atoms with E-state index in [0.717, 1.165) is 30.5 Å². The van der Waals surface area contributed by atoms with Crippen LogP contribution in [0.3, 0.4) is 0 Å². The number of benzene rings is 1. The first-order valence-electron chi connectivity index (χ1n) is 17.6. The maximum Gasteiger partial charge on any atom is 0.295 e. The maximum absolute atomic E-state index is 13.9. The summed E-state index contributed by atoms with van der Waals surface area (Å²) in [6, 6.07) is -3.58. The average Bonchev–Trinajstić information content (AvgIpc) is 3.70. The number of aryl methyl sites for hydroxylation is 1. The summed E-state index contributed by atoms with van der Waals surface area (Å²) in [4.78, 5) is 50.8. The molecule has 1 aliphatic rings. The number of hydrogen-bond acceptors (Lipinski definition) is 7. The van der Waals surface area contributed by atoms with Gasteiger partial charge in [-0.1, -0.05) is 17.6 Å². The zero-order valence-electron chi connectivity index (χ0n) is 33.5. The lowest BCUT2D eigenvalue weighted by atomic mass is 10.1. The lowest BCUT2D eigenvalue weighted by Crippen LogP contribution is -2.52. The quantitative estimate of drug-likeness (QED) is 0.326. The monoisotopic (exact) mass is 502 g/mol. The number of H-pyrrole nitrogens is 1. The van der Waals surface area contributed by atoms with Crippen LogP contribution in [0.2, 0.25) is 0 Å². The van der Waals surface area contributed by atoms with Crippen molar-refractivity contribution in [2.24, 2.45) is 0 Å². The third-order valence-electron chi connectivity index (χ3n) is 4.94. The summed E-state index contributed by atoms with van der Waals surface area (Å²) in [5, 5.41) is 3.63. The van der Waals surface area contributed by atoms with Crippen molar-refractivity contribution in [3.63, 3.8) is 0 Å². The Balaban J connectivity index is 1.63. The Kier molecular flexibility index (Phi) is 2.95. The SMILES string of the molecule is [2H]c1c([2H])c(C(=O)N2C([2H])([2H])C([2H])([2H])N(C(=O)C(=O)c3c[nH]c4c(-n5cnc(C([2H])([2H])[2H])n5)ncc(OC)c34)C([2H])([2H])C2([2H])[2H])c([2H])c([2H])c1C. The molecule has 1 saturated heterocycles. The van der Waals surface area contributed by atoms with E-state index < -0.39 is 101 Å². The summed E-state index contributed by atoms with van der Waals surface area (Å²) in [6.45, 7) is -17.7. The standard InChI is InChI=1S/C25H25N7O4/c1-15-4-6-17(7-5-15)24(34)30-8-10-31(11-9-30)25(35)22(33)18-12-26-21-20(18)19(36-3)13-27-23(21)32-14-28-16(2)29-32/h4-7,12-14,26H,8-11H2,1-3H3/i2D3,4D,5D,6D,7D,8D2,9D2,10D2,11D2. The molecule has 4 heterocycles. The van der Waals surface area contributed by atoms with E-state index in [2.05, 4.69) is 20.1 Å². The van der Waals surface area contributed by atoms with E-state index in [1.54, 1.807) is 0 Å². The van der Waals surface area contributed by atoms with E-state index in [-0.39, 0.29) is 28.0 Å². The number of Topliss-reactive ketones (excluding diaryl/α,β-unsaturated/α-hetero) is 1. The first kappa shape index (κ1) is 11.5. The number of amides is 2. The molecule has 3 aromatic heterocycles. The number of rotatable bonds is 5. The molecule has 2 amide bonds. The molecule has 0 spiro atoms. The molecular formula is C25H25N7O4. The number of aromatic nitrogens is 5. The van der Waals surface area contributed by atoms with Gasteiger partial charge in [0.2, 0.25) is 0 Å². The van der Waals surface area contributed by atoms with Crippen molar-refractivity contribution in [1.82, 2.24) is 34.5 Å². The largest absolute Gasteiger partial charge is 0.494 e. The van der Waals surface area contributed by atoms with Gasteiger partial charge in [0.1, 0.15) is 17.9 Å². The number of nitrogens with one attached hydrogen (secondary N) is 1. The van der Waals surface area contributed by atoms with Crippen LogP contribution in [-0.4, -0.2) is 85.2 Å². The first-order valence-corrected chi connectivity index (χ1v) is 10.1. The molecule has 4 aromatic rings. The second-order valence-electron chi connectivity index (χ2n) is 7.17. The summed E-state index contributed by atoms with van der Waals surface area (Å²) in [7, 11) is 1.16. The highest BCUT2D eigenvalue weighted by atomic mass is 16.5. The molecule has 0 atom stereocenters. The number of ketones is 1. The van der Waals surface area contributed by atoms with Gasteiger partial charge in [0.05, 0.1) is 46.2 Å². The molecule has 1 aromatic carbocycles. The molecule has 184 valence electrons. The highest BCUT2D eigenvalue weighted by Crippen LogP contribution is 2.31. The van der Waals surface area contributed by atoms with Crippen molar-refractivity contribution in [2.45, 2.75) is 13.8 Å². The van der Waals surface area contributed by atoms with E-state index in [1.807, 2.05) is 0 Å². The van der Waals surface area contributed by atoms with E-state index in [4.69, 9.17) is 25.3 Å². The van der Waals surface area contributed by atoms with Gasteiger partial charge in [-0.15, -0.1) is 0 Å². The van der Waals surface area contributed by atoms with Crippen LogP contribution in [0.5, 0.6) is 5.75 Å². The van der Waals surface area contributed by atoms with Crippen LogP contribution in [-0.2, 0) is 4.79 Å². The maximum atomic E-state index is 13.9. The Hall–Kier alpha value is -4.54. The van der Waals surface area contributed by atoms with Crippen LogP contribution in [0.1, 0.15) is 52.7 Å². The molecule has 0 aliphatic carbocycles. The van der Waals surface area contributed by atoms with Gasteiger partial charge in [0.15, 0.2) is 5.82 Å². The van der Waals surface area contributed by atoms with Crippen molar-refractivity contribution in [1.29, 1.82) is 0 Å². The predicted molar refractivity (Wildman–Crippen MR) is 130 cm³/mol. The molecule has 0 bridgehead atoms. The molecule has 5 rings (SSSR count). The molecule has 11 nitrogen and oxygen atoms in total. The van der Waals surface area contributed by atoms with Gasteiger partial charge in [-0.05, 0) is 25.9 Å². The Bertz CT molecular complexity index is 2090. The Morgan fingerprint density at radius 2 is 1.83 bits per heavy atom. The predicted octanol–water partition coefficient (Wildman–Crippen LogP) is 1.94. The van der Waals surface area contributed by atoms with E-state index >= 15 is 0 Å². The zero-order valence-corrected chi connectivity index (χ0v) is 18.5. The summed E-state index contributed by atoms with van der Waals surface area (Å²) in [6.07, 6.45) is 2.96. The fraction of sp³-hybridized carbons (Fsp3) is 0.280. The number of fused-ring (bicyclic) bond motifs is 1. The van der Waals surface area contributed by atoms with Gasteiger partial charge in [-0.2, -0.15) is 5.10 Å². The summed E-state index contributed by atoms with van der Waals surface area (Å²) in [5.41, 5.74) is -2.14. The van der Waals surface area contributed by atoms with E-state index in [0.29, 0.717) is 0 Å². The average molecular weight is 503 g/mol.